The number of hydrogen-bond acceptors (Lipinski definition) is 5. The van der Waals surface area contributed by atoms with Crippen LogP contribution >= 0.6 is 0 Å². The lowest BCUT2D eigenvalue weighted by Gasteiger charge is -2.44. The molecule has 0 bridgehead atoms. The van der Waals surface area contributed by atoms with E-state index in [4.69, 9.17) is 9.47 Å². The smallest absolute Gasteiger partial charge is 0.256 e. The van der Waals surface area contributed by atoms with Crippen LogP contribution in [0.25, 0.3) is 33.4 Å². The monoisotopic (exact) mass is 1010 g/mol. The third-order valence-corrected chi connectivity index (χ3v) is 16.3. The van der Waals surface area contributed by atoms with E-state index in [0.717, 1.165) is 129 Å². The Kier molecular flexibility index (Phi) is 10.4. The van der Waals surface area contributed by atoms with Crippen LogP contribution in [0.1, 0.15) is 0 Å². The number of benzene rings is 12. The summed E-state index contributed by atoms with van der Waals surface area (Å²) in [5.74, 6) is 3.37. The van der Waals surface area contributed by atoms with Gasteiger partial charge in [0.1, 0.15) is 23.0 Å². The van der Waals surface area contributed by atoms with Crippen LogP contribution in [0.2, 0.25) is 0 Å². The van der Waals surface area contributed by atoms with Gasteiger partial charge in [0.25, 0.3) is 13.4 Å². The Morgan fingerprint density at radius 3 is 1.33 bits per heavy atom. The first-order valence-electron chi connectivity index (χ1n) is 27.1. The van der Waals surface area contributed by atoms with E-state index in [1.165, 1.54) is 10.9 Å². The molecule has 0 spiro atoms. The SMILES string of the molecule is c1ccc(-c2cc3c4c(c2)N(c2ccccc2-c2ccccc2)c2cc5c(cc2B4c2ccccc2O3)B2c3ccccc3N(c3ccccc3-c3ccccc3)c3cc(N(c4ccccc4)c4ccccc4)cc(c32)O5)cc1. The summed E-state index contributed by atoms with van der Waals surface area (Å²) in [7, 11) is 0. The summed E-state index contributed by atoms with van der Waals surface area (Å²) in [4.78, 5) is 7.32. The predicted octanol–water partition coefficient (Wildman–Crippen LogP) is 15.0. The van der Waals surface area contributed by atoms with Crippen molar-refractivity contribution < 1.29 is 9.47 Å². The lowest BCUT2D eigenvalue weighted by molar-refractivity contribution is 0.487. The molecule has 0 radical (unpaired) electrons. The Hall–Kier alpha value is -10.2. The van der Waals surface area contributed by atoms with Gasteiger partial charge < -0.3 is 24.2 Å². The molecule has 368 valence electrons. The molecule has 0 aromatic heterocycles. The second kappa shape index (κ2) is 18.2. The van der Waals surface area contributed by atoms with Crippen LogP contribution in [-0.4, -0.2) is 13.4 Å². The van der Waals surface area contributed by atoms with E-state index in [1.807, 2.05) is 0 Å². The van der Waals surface area contributed by atoms with E-state index in [0.29, 0.717) is 0 Å². The van der Waals surface area contributed by atoms with E-state index in [2.05, 4.69) is 300 Å². The Morgan fingerprint density at radius 1 is 0.253 bits per heavy atom. The van der Waals surface area contributed by atoms with Crippen molar-refractivity contribution in [1.29, 1.82) is 0 Å². The molecule has 0 amide bonds. The number of fused-ring (bicyclic) bond motifs is 8. The van der Waals surface area contributed by atoms with E-state index >= 15 is 0 Å². The van der Waals surface area contributed by atoms with Gasteiger partial charge in [-0.2, -0.15) is 0 Å². The third-order valence-electron chi connectivity index (χ3n) is 16.3. The number of anilines is 9. The molecule has 4 aliphatic heterocycles. The molecule has 0 fully saturated rings. The van der Waals surface area contributed by atoms with Gasteiger partial charge in [0.2, 0.25) is 0 Å². The van der Waals surface area contributed by atoms with Crippen molar-refractivity contribution in [3.05, 3.63) is 285 Å². The summed E-state index contributed by atoms with van der Waals surface area (Å²) < 4.78 is 14.8. The highest BCUT2D eigenvalue weighted by molar-refractivity contribution is 7.02. The zero-order valence-corrected chi connectivity index (χ0v) is 42.9. The highest BCUT2D eigenvalue weighted by Gasteiger charge is 2.47. The van der Waals surface area contributed by atoms with Gasteiger partial charge >= 0.3 is 0 Å². The van der Waals surface area contributed by atoms with Crippen molar-refractivity contribution in [3.8, 4) is 56.4 Å². The second-order valence-electron chi connectivity index (χ2n) is 20.7. The molecule has 0 N–H and O–H groups in total. The average molecular weight is 1010 g/mol. The predicted molar refractivity (Wildman–Crippen MR) is 329 cm³/mol. The Morgan fingerprint density at radius 2 is 0.709 bits per heavy atom. The normalized spacial score (nSPS) is 12.9. The van der Waals surface area contributed by atoms with Gasteiger partial charge in [-0.15, -0.1) is 0 Å². The van der Waals surface area contributed by atoms with Crippen molar-refractivity contribution in [3.63, 3.8) is 0 Å². The second-order valence-corrected chi connectivity index (χ2v) is 20.7. The molecule has 4 aliphatic rings. The average Bonchev–Trinajstić information content (AvgIpc) is 3.32. The molecule has 0 atom stereocenters. The fraction of sp³-hybridized carbons (Fsp3) is 0. The fourth-order valence-electron chi connectivity index (χ4n) is 13.0. The van der Waals surface area contributed by atoms with E-state index in [9.17, 15) is 0 Å². The van der Waals surface area contributed by atoms with Gasteiger partial charge in [-0.25, -0.2) is 0 Å². The van der Waals surface area contributed by atoms with Gasteiger partial charge in [-0.05, 0) is 122 Å². The first-order chi connectivity index (χ1) is 39.2. The molecular formula is C72H47B2N3O2. The summed E-state index contributed by atoms with van der Waals surface area (Å²) in [6.07, 6.45) is 0. The number of rotatable bonds is 8. The molecule has 4 heterocycles. The van der Waals surface area contributed by atoms with Crippen molar-refractivity contribution in [2.24, 2.45) is 0 Å². The zero-order valence-electron chi connectivity index (χ0n) is 42.9. The topological polar surface area (TPSA) is 28.2 Å². The number of nitrogens with zero attached hydrogens (tertiary/aromatic N) is 3. The summed E-state index contributed by atoms with van der Waals surface area (Å²) in [6, 6.07) is 103. The van der Waals surface area contributed by atoms with Crippen LogP contribution < -0.4 is 57.0 Å². The molecule has 0 saturated carbocycles. The molecule has 0 saturated heterocycles. The maximum Gasteiger partial charge on any atom is 0.256 e. The molecule has 0 unspecified atom stereocenters. The van der Waals surface area contributed by atoms with Gasteiger partial charge in [0.05, 0.1) is 17.1 Å². The van der Waals surface area contributed by atoms with Gasteiger partial charge in [-0.3, -0.25) is 0 Å². The Labute approximate surface area is 460 Å². The molecule has 7 heteroatoms. The minimum atomic E-state index is -0.187. The van der Waals surface area contributed by atoms with Crippen LogP contribution in [-0.2, 0) is 0 Å². The molecule has 16 rings (SSSR count). The molecular weight excluding hydrogens is 960 g/mol. The lowest BCUT2D eigenvalue weighted by atomic mass is 9.31. The third kappa shape index (κ3) is 7.20. The maximum atomic E-state index is 7.72. The zero-order chi connectivity index (χ0) is 52.0. The van der Waals surface area contributed by atoms with E-state index in [-0.39, 0.29) is 13.4 Å². The Bertz CT molecular complexity index is 4310. The first-order valence-corrected chi connectivity index (χ1v) is 27.1. The largest absolute Gasteiger partial charge is 0.458 e. The summed E-state index contributed by atoms with van der Waals surface area (Å²) in [5.41, 5.74) is 23.3. The summed E-state index contributed by atoms with van der Waals surface area (Å²) >= 11 is 0. The standard InChI is InChI=1S/C72H47B2N3O2/c1-6-24-48(25-7-1)51-42-65-71-69(43-51)78-67-41-23-19-37-58(67)74(71)59-46-60-68(47-64(59)77(65)62-39-21-17-35-56(62)50-28-10-3-11-29-50)79-70-45-54(75(52-30-12-4-13-31-52)53-32-14-5-15-33-53)44-66-72(70)73(60)57-36-18-22-40-63(57)76(66)61-38-20-16-34-55(61)49-26-8-2-9-27-49/h1-47H. The quantitative estimate of drug-likeness (QED) is 0.141. The van der Waals surface area contributed by atoms with Crippen molar-refractivity contribution >= 4 is 97.4 Å². The minimum absolute atomic E-state index is 0.151. The first kappa shape index (κ1) is 45.0. The van der Waals surface area contributed by atoms with Gasteiger partial charge in [0.15, 0.2) is 0 Å². The lowest BCUT2D eigenvalue weighted by Crippen LogP contribution is -2.63. The summed E-state index contributed by atoms with van der Waals surface area (Å²) in [5, 5.41) is 0. The van der Waals surface area contributed by atoms with Crippen LogP contribution in [0.3, 0.4) is 0 Å². The van der Waals surface area contributed by atoms with Crippen molar-refractivity contribution in [1.82, 2.24) is 0 Å². The highest BCUT2D eigenvalue weighted by Crippen LogP contribution is 2.51. The molecule has 12 aromatic carbocycles. The number of para-hydroxylation sites is 6. The maximum absolute atomic E-state index is 7.72. The van der Waals surface area contributed by atoms with Crippen LogP contribution in [0, 0.1) is 0 Å². The highest BCUT2D eigenvalue weighted by atomic mass is 16.5. The molecule has 79 heavy (non-hydrogen) atoms. The van der Waals surface area contributed by atoms with E-state index < -0.39 is 0 Å². The van der Waals surface area contributed by atoms with Crippen molar-refractivity contribution in [2.45, 2.75) is 0 Å². The number of ether oxygens (including phenoxy) is 2. The number of hydrogen-bond donors (Lipinski definition) is 0. The van der Waals surface area contributed by atoms with E-state index in [1.54, 1.807) is 0 Å². The van der Waals surface area contributed by atoms with Gasteiger partial charge in [0, 0.05) is 57.4 Å². The molecule has 12 aromatic rings. The van der Waals surface area contributed by atoms with Crippen LogP contribution in [0.15, 0.2) is 285 Å². The van der Waals surface area contributed by atoms with Crippen LogP contribution in [0.5, 0.6) is 23.0 Å². The molecule has 5 nitrogen and oxygen atoms in total. The Balaban J connectivity index is 0.989. The molecule has 0 aliphatic carbocycles. The van der Waals surface area contributed by atoms with Crippen molar-refractivity contribution in [2.75, 3.05) is 14.7 Å². The summed E-state index contributed by atoms with van der Waals surface area (Å²) in [6.45, 7) is -0.338. The minimum Gasteiger partial charge on any atom is -0.458 e. The van der Waals surface area contributed by atoms with Crippen LogP contribution in [0.4, 0.5) is 51.2 Å². The van der Waals surface area contributed by atoms with Gasteiger partial charge in [-0.1, -0.05) is 206 Å². The fourth-order valence-corrected chi connectivity index (χ4v) is 13.0.